The highest BCUT2D eigenvalue weighted by atomic mass is 35.5. The van der Waals surface area contributed by atoms with Crippen molar-refractivity contribution < 1.29 is 17.9 Å². The molecule has 0 saturated carbocycles. The maximum absolute atomic E-state index is 13.4. The van der Waals surface area contributed by atoms with E-state index in [-0.39, 0.29) is 21.6 Å². The average molecular weight is 509 g/mol. The number of nitrogens with zero attached hydrogens (tertiary/aromatic N) is 2. The van der Waals surface area contributed by atoms with Crippen LogP contribution in [0, 0.1) is 0 Å². The van der Waals surface area contributed by atoms with E-state index in [4.69, 9.17) is 16.3 Å². The number of unbranched alkanes of at least 4 members (excludes halogenated alkanes) is 1. The molecule has 0 aliphatic carbocycles. The van der Waals surface area contributed by atoms with E-state index in [1.54, 1.807) is 23.1 Å². The van der Waals surface area contributed by atoms with Gasteiger partial charge in [0.1, 0.15) is 10.6 Å². The SMILES string of the molecule is CCCCN(CC)C(=O)c1ccc(N2CCNCC2)c(NS(=O)(=O)c2cc(Cl)ccc2OC)c1. The fourth-order valence-corrected chi connectivity index (χ4v) is 5.43. The Kier molecular flexibility index (Phi) is 9.04. The fraction of sp³-hybridized carbons (Fsp3) is 0.458. The van der Waals surface area contributed by atoms with Crippen LogP contribution in [0.1, 0.15) is 37.0 Å². The van der Waals surface area contributed by atoms with E-state index < -0.39 is 10.0 Å². The highest BCUT2D eigenvalue weighted by Gasteiger charge is 2.25. The van der Waals surface area contributed by atoms with Crippen LogP contribution in [-0.2, 0) is 10.0 Å². The first-order valence-electron chi connectivity index (χ1n) is 11.6. The maximum Gasteiger partial charge on any atom is 0.265 e. The lowest BCUT2D eigenvalue weighted by atomic mass is 10.1. The van der Waals surface area contributed by atoms with Crippen LogP contribution >= 0.6 is 11.6 Å². The van der Waals surface area contributed by atoms with Gasteiger partial charge in [-0.2, -0.15) is 0 Å². The number of amides is 1. The maximum atomic E-state index is 13.4. The lowest BCUT2D eigenvalue weighted by Crippen LogP contribution is -2.43. The number of carbonyl (C=O) groups is 1. The van der Waals surface area contributed by atoms with Gasteiger partial charge in [0.2, 0.25) is 0 Å². The van der Waals surface area contributed by atoms with Gasteiger partial charge in [-0.25, -0.2) is 8.42 Å². The monoisotopic (exact) mass is 508 g/mol. The number of hydrogen-bond donors (Lipinski definition) is 2. The Morgan fingerprint density at radius 1 is 1.18 bits per heavy atom. The lowest BCUT2D eigenvalue weighted by molar-refractivity contribution is 0.0762. The number of ether oxygens (including phenoxy) is 1. The van der Waals surface area contributed by atoms with Gasteiger partial charge in [0, 0.05) is 49.9 Å². The van der Waals surface area contributed by atoms with Crippen molar-refractivity contribution in [1.82, 2.24) is 10.2 Å². The largest absolute Gasteiger partial charge is 0.495 e. The predicted molar refractivity (Wildman–Crippen MR) is 137 cm³/mol. The standard InChI is InChI=1S/C24H33ClN4O4S/c1-4-6-13-28(5-2)24(30)18-7-9-21(29-14-11-26-12-15-29)20(16-18)27-34(31,32)23-17-19(25)8-10-22(23)33-3/h7-10,16-17,26-27H,4-6,11-15H2,1-3H3. The molecule has 1 aliphatic rings. The third-order valence-corrected chi connectivity index (χ3v) is 7.43. The van der Waals surface area contributed by atoms with E-state index in [2.05, 4.69) is 21.9 Å². The van der Waals surface area contributed by atoms with Crippen molar-refractivity contribution in [2.24, 2.45) is 0 Å². The number of piperazine rings is 1. The number of methoxy groups -OCH3 is 1. The predicted octanol–water partition coefficient (Wildman–Crippen LogP) is 3.82. The second kappa shape index (κ2) is 11.8. The van der Waals surface area contributed by atoms with Crippen molar-refractivity contribution >= 4 is 38.9 Å². The summed E-state index contributed by atoms with van der Waals surface area (Å²) < 4.78 is 34.8. The number of rotatable bonds is 10. The Morgan fingerprint density at radius 3 is 2.56 bits per heavy atom. The van der Waals surface area contributed by atoms with Gasteiger partial charge in [0.15, 0.2) is 0 Å². The van der Waals surface area contributed by atoms with Crippen LogP contribution in [0.15, 0.2) is 41.3 Å². The van der Waals surface area contributed by atoms with Crippen LogP contribution in [0.4, 0.5) is 11.4 Å². The zero-order valence-electron chi connectivity index (χ0n) is 19.9. The minimum atomic E-state index is -4.05. The number of anilines is 2. The average Bonchev–Trinajstić information content (AvgIpc) is 2.84. The molecule has 2 aromatic carbocycles. The first-order chi connectivity index (χ1) is 16.3. The van der Waals surface area contributed by atoms with Crippen LogP contribution in [0.3, 0.4) is 0 Å². The topological polar surface area (TPSA) is 91.0 Å². The molecule has 0 spiro atoms. The van der Waals surface area contributed by atoms with Gasteiger partial charge in [-0.05, 0) is 49.7 Å². The van der Waals surface area contributed by atoms with E-state index in [9.17, 15) is 13.2 Å². The molecule has 34 heavy (non-hydrogen) atoms. The number of nitrogens with one attached hydrogen (secondary N) is 2. The number of halogens is 1. The highest BCUT2D eigenvalue weighted by molar-refractivity contribution is 7.92. The first-order valence-corrected chi connectivity index (χ1v) is 13.4. The quantitative estimate of drug-likeness (QED) is 0.507. The van der Waals surface area contributed by atoms with Gasteiger partial charge in [0.05, 0.1) is 18.5 Å². The summed E-state index contributed by atoms with van der Waals surface area (Å²) in [4.78, 5) is 17.0. The Labute approximate surface area is 207 Å². The normalized spacial score (nSPS) is 14.1. The summed E-state index contributed by atoms with van der Waals surface area (Å²) in [6.45, 7) is 8.28. The summed E-state index contributed by atoms with van der Waals surface area (Å²) in [5.74, 6) is 0.0631. The van der Waals surface area contributed by atoms with Crippen molar-refractivity contribution in [3.63, 3.8) is 0 Å². The Morgan fingerprint density at radius 2 is 1.91 bits per heavy atom. The molecule has 10 heteroatoms. The van der Waals surface area contributed by atoms with E-state index in [0.29, 0.717) is 24.3 Å². The van der Waals surface area contributed by atoms with E-state index in [1.165, 1.54) is 19.2 Å². The Balaban J connectivity index is 2.03. The summed E-state index contributed by atoms with van der Waals surface area (Å²) in [7, 11) is -2.64. The second-order valence-electron chi connectivity index (χ2n) is 8.11. The van der Waals surface area contributed by atoms with Crippen LogP contribution < -0.4 is 19.7 Å². The second-order valence-corrected chi connectivity index (χ2v) is 10.2. The zero-order valence-corrected chi connectivity index (χ0v) is 21.5. The summed E-state index contributed by atoms with van der Waals surface area (Å²) >= 11 is 6.08. The molecule has 0 unspecified atom stereocenters. The van der Waals surface area contributed by atoms with Crippen molar-refractivity contribution in [1.29, 1.82) is 0 Å². The van der Waals surface area contributed by atoms with E-state index in [0.717, 1.165) is 44.7 Å². The molecule has 1 fully saturated rings. The molecule has 0 radical (unpaired) electrons. The molecular weight excluding hydrogens is 476 g/mol. The molecular formula is C24H33ClN4O4S. The van der Waals surface area contributed by atoms with E-state index in [1.807, 2.05) is 13.0 Å². The molecule has 0 bridgehead atoms. The summed E-state index contributed by atoms with van der Waals surface area (Å²) in [5.41, 5.74) is 1.51. The number of hydrogen-bond acceptors (Lipinski definition) is 6. The summed E-state index contributed by atoms with van der Waals surface area (Å²) in [6.07, 6.45) is 1.89. The minimum absolute atomic E-state index is 0.0661. The van der Waals surface area contributed by atoms with Crippen LogP contribution in [0.5, 0.6) is 5.75 Å². The highest BCUT2D eigenvalue weighted by Crippen LogP contribution is 2.33. The minimum Gasteiger partial charge on any atom is -0.495 e. The molecule has 0 aromatic heterocycles. The van der Waals surface area contributed by atoms with Crippen molar-refractivity contribution in [3.8, 4) is 5.75 Å². The van der Waals surface area contributed by atoms with Crippen LogP contribution in [-0.4, -0.2) is 65.6 Å². The van der Waals surface area contributed by atoms with Gasteiger partial charge in [-0.3, -0.25) is 9.52 Å². The first kappa shape index (κ1) is 26.1. The third-order valence-electron chi connectivity index (χ3n) is 5.81. The Hall–Kier alpha value is -2.49. The fourth-order valence-electron chi connectivity index (χ4n) is 3.93. The molecule has 1 heterocycles. The summed E-state index contributed by atoms with van der Waals surface area (Å²) in [6, 6.07) is 9.65. The molecule has 8 nitrogen and oxygen atoms in total. The molecule has 1 saturated heterocycles. The number of carbonyl (C=O) groups excluding carboxylic acids is 1. The third kappa shape index (κ3) is 6.14. The number of sulfonamides is 1. The summed E-state index contributed by atoms with van der Waals surface area (Å²) in [5, 5.41) is 3.58. The van der Waals surface area contributed by atoms with Crippen LogP contribution in [0.25, 0.3) is 0 Å². The van der Waals surface area contributed by atoms with Gasteiger partial charge >= 0.3 is 0 Å². The molecule has 1 amide bonds. The molecule has 3 rings (SSSR count). The Bertz CT molecular complexity index is 1100. The smallest absolute Gasteiger partial charge is 0.265 e. The number of benzene rings is 2. The molecule has 0 atom stereocenters. The van der Waals surface area contributed by atoms with Gasteiger partial charge in [-0.15, -0.1) is 0 Å². The van der Waals surface area contributed by atoms with Crippen molar-refractivity contribution in [2.75, 3.05) is 56.0 Å². The van der Waals surface area contributed by atoms with Crippen LogP contribution in [0.2, 0.25) is 5.02 Å². The van der Waals surface area contributed by atoms with Crippen molar-refractivity contribution in [3.05, 3.63) is 47.0 Å². The lowest BCUT2D eigenvalue weighted by Gasteiger charge is -2.31. The molecule has 1 aliphatic heterocycles. The molecule has 2 aromatic rings. The van der Waals surface area contributed by atoms with E-state index >= 15 is 0 Å². The zero-order chi connectivity index (χ0) is 24.7. The van der Waals surface area contributed by atoms with Gasteiger partial charge < -0.3 is 19.9 Å². The molecule has 2 N–H and O–H groups in total. The van der Waals surface area contributed by atoms with Gasteiger partial charge in [0.25, 0.3) is 15.9 Å². The molecule has 186 valence electrons. The van der Waals surface area contributed by atoms with Gasteiger partial charge in [-0.1, -0.05) is 24.9 Å². The van der Waals surface area contributed by atoms with Crippen molar-refractivity contribution in [2.45, 2.75) is 31.6 Å².